The van der Waals surface area contributed by atoms with Crippen molar-refractivity contribution in [2.75, 3.05) is 30.4 Å². The summed E-state index contributed by atoms with van der Waals surface area (Å²) in [5.74, 6) is -0.571. The van der Waals surface area contributed by atoms with Gasteiger partial charge in [0.1, 0.15) is 22.6 Å². The maximum Gasteiger partial charge on any atom is 0.261 e. The van der Waals surface area contributed by atoms with Crippen LogP contribution in [0.15, 0.2) is 64.0 Å². The number of nitrogens with zero attached hydrogens (tertiary/aromatic N) is 2. The van der Waals surface area contributed by atoms with E-state index in [2.05, 4.69) is 16.3 Å². The quantitative estimate of drug-likeness (QED) is 0.352. The monoisotopic (exact) mass is 542 g/mol. The van der Waals surface area contributed by atoms with E-state index in [-0.39, 0.29) is 22.6 Å². The molecule has 3 N–H and O–H groups in total. The Morgan fingerprint density at radius 2 is 1.82 bits per heavy atom. The first-order valence-electron chi connectivity index (χ1n) is 12.9. The highest BCUT2D eigenvalue weighted by Crippen LogP contribution is 2.40. The van der Waals surface area contributed by atoms with Crippen LogP contribution in [-0.4, -0.2) is 32.0 Å². The lowest BCUT2D eigenvalue weighted by atomic mass is 9.90. The maximum absolute atomic E-state index is 13.6. The maximum atomic E-state index is 13.6. The summed E-state index contributed by atoms with van der Waals surface area (Å²) in [6.45, 7) is 2.06. The molecule has 1 aromatic heterocycles. The number of hydrogen-bond donors (Lipinski definition) is 2. The van der Waals surface area contributed by atoms with E-state index in [4.69, 9.17) is 31.5 Å². The number of nitrogens with one attached hydrogen (secondary N) is 1. The van der Waals surface area contributed by atoms with E-state index >= 15 is 0 Å². The number of halogens is 1. The largest absolute Gasteiger partial charge is 0.494 e. The van der Waals surface area contributed by atoms with E-state index in [1.54, 1.807) is 36.4 Å². The molecule has 3 aromatic carbocycles. The van der Waals surface area contributed by atoms with E-state index in [1.807, 2.05) is 6.07 Å². The van der Waals surface area contributed by atoms with Crippen molar-refractivity contribution in [2.45, 2.75) is 25.7 Å². The molecule has 0 unspecified atom stereocenters. The second kappa shape index (κ2) is 10.1. The summed E-state index contributed by atoms with van der Waals surface area (Å²) in [7, 11) is 1.51. The summed E-state index contributed by atoms with van der Waals surface area (Å²) >= 11 is 6.02. The van der Waals surface area contributed by atoms with Gasteiger partial charge in [-0.15, -0.1) is 0 Å². The van der Waals surface area contributed by atoms with Crippen molar-refractivity contribution in [1.82, 2.24) is 0 Å². The van der Waals surface area contributed by atoms with Gasteiger partial charge in [-0.2, -0.15) is 0 Å². The van der Waals surface area contributed by atoms with Crippen LogP contribution in [0.4, 0.5) is 17.1 Å². The molecule has 0 bridgehead atoms. The predicted octanol–water partition coefficient (Wildman–Crippen LogP) is 5.38. The van der Waals surface area contributed by atoms with E-state index in [0.29, 0.717) is 27.7 Å². The Balaban J connectivity index is 1.58. The predicted molar refractivity (Wildman–Crippen MR) is 151 cm³/mol. The molecule has 198 valence electrons. The summed E-state index contributed by atoms with van der Waals surface area (Å²) in [5, 5.41) is 4.33. The molecule has 2 amide bonds. The minimum atomic E-state index is -0.596. The second-order valence-corrected chi connectivity index (χ2v) is 10.2. The minimum absolute atomic E-state index is 0.109. The zero-order valence-corrected chi connectivity index (χ0v) is 22.2. The first-order chi connectivity index (χ1) is 18.9. The zero-order valence-electron chi connectivity index (χ0n) is 21.4. The number of carbonyl (C=O) groups is 2. The molecule has 0 aliphatic carbocycles. The number of aryl methyl sites for hydroxylation is 2. The van der Waals surface area contributed by atoms with Gasteiger partial charge in [-0.25, -0.2) is 4.99 Å². The normalized spacial score (nSPS) is 14.7. The van der Waals surface area contributed by atoms with Crippen molar-refractivity contribution in [2.24, 2.45) is 10.7 Å². The van der Waals surface area contributed by atoms with Gasteiger partial charge >= 0.3 is 0 Å². The summed E-state index contributed by atoms with van der Waals surface area (Å²) < 4.78 is 12.0. The highest BCUT2D eigenvalue weighted by molar-refractivity contribution is 6.30. The first-order valence-corrected chi connectivity index (χ1v) is 13.3. The van der Waals surface area contributed by atoms with Gasteiger partial charge in [-0.05, 0) is 85.8 Å². The van der Waals surface area contributed by atoms with Crippen LogP contribution in [0.1, 0.15) is 44.7 Å². The first kappa shape index (κ1) is 25.0. The molecular weight excluding hydrogens is 516 g/mol. The van der Waals surface area contributed by atoms with Crippen molar-refractivity contribution >= 4 is 51.4 Å². The van der Waals surface area contributed by atoms with Crippen molar-refractivity contribution in [3.05, 3.63) is 87.4 Å². The summed E-state index contributed by atoms with van der Waals surface area (Å²) in [6.07, 6.45) is 4.00. The Hall–Kier alpha value is -4.30. The van der Waals surface area contributed by atoms with Gasteiger partial charge < -0.3 is 25.1 Å². The Bertz CT molecular complexity index is 1690. The van der Waals surface area contributed by atoms with Gasteiger partial charge in [-0.3, -0.25) is 9.59 Å². The Morgan fingerprint density at radius 3 is 2.56 bits per heavy atom. The lowest BCUT2D eigenvalue weighted by molar-refractivity contribution is 0.0997. The fourth-order valence-corrected chi connectivity index (χ4v) is 5.60. The van der Waals surface area contributed by atoms with Crippen LogP contribution in [0.3, 0.4) is 0 Å². The number of primary amides is 1. The zero-order chi connectivity index (χ0) is 27.1. The van der Waals surface area contributed by atoms with Crippen LogP contribution in [0, 0.1) is 0 Å². The molecule has 0 saturated heterocycles. The molecule has 0 atom stereocenters. The van der Waals surface area contributed by atoms with Gasteiger partial charge in [0.2, 0.25) is 11.5 Å². The molecule has 0 saturated carbocycles. The fraction of sp³-hybridized carbons (Fsp3) is 0.233. The molecular formula is C30H27ClN4O4. The Morgan fingerprint density at radius 1 is 1.05 bits per heavy atom. The lowest BCUT2D eigenvalue weighted by Crippen LogP contribution is -2.34. The number of hydrogen-bond acceptors (Lipinski definition) is 6. The fourth-order valence-electron chi connectivity index (χ4n) is 5.47. The molecule has 39 heavy (non-hydrogen) atoms. The SMILES string of the molecule is COc1ccc(C(N)=O)cc1N=c1oc2c3c4c(cc2cc1C(=O)Nc1ccc(Cl)cc1)CCCN4CCC3. The minimum Gasteiger partial charge on any atom is -0.494 e. The number of rotatable bonds is 5. The molecule has 4 aromatic rings. The summed E-state index contributed by atoms with van der Waals surface area (Å²) in [6, 6.07) is 15.5. The van der Waals surface area contributed by atoms with Crippen molar-refractivity contribution < 1.29 is 18.7 Å². The van der Waals surface area contributed by atoms with E-state index in [9.17, 15) is 9.59 Å². The lowest BCUT2D eigenvalue weighted by Gasteiger charge is -2.37. The molecule has 9 heteroatoms. The molecule has 6 rings (SSSR count). The van der Waals surface area contributed by atoms with Crippen LogP contribution in [0.5, 0.6) is 5.75 Å². The van der Waals surface area contributed by atoms with Gasteiger partial charge in [-0.1, -0.05) is 11.6 Å². The van der Waals surface area contributed by atoms with Gasteiger partial charge in [0.05, 0.1) is 7.11 Å². The topological polar surface area (TPSA) is 110 Å². The van der Waals surface area contributed by atoms with Gasteiger partial charge in [0.25, 0.3) is 5.91 Å². The highest BCUT2D eigenvalue weighted by Gasteiger charge is 2.27. The van der Waals surface area contributed by atoms with Crippen molar-refractivity contribution in [3.8, 4) is 5.75 Å². The molecule has 3 heterocycles. The molecule has 0 radical (unpaired) electrons. The van der Waals surface area contributed by atoms with Crippen LogP contribution in [-0.2, 0) is 12.8 Å². The number of nitrogens with two attached hydrogens (primary N) is 1. The molecule has 2 aliphatic rings. The number of amides is 2. The average molecular weight is 543 g/mol. The molecule has 0 spiro atoms. The third-order valence-electron chi connectivity index (χ3n) is 7.26. The van der Waals surface area contributed by atoms with E-state index < -0.39 is 5.91 Å². The molecule has 8 nitrogen and oxygen atoms in total. The summed E-state index contributed by atoms with van der Waals surface area (Å²) in [4.78, 5) is 32.6. The molecule has 0 fully saturated rings. The van der Waals surface area contributed by atoms with E-state index in [1.165, 1.54) is 24.4 Å². The number of anilines is 2. The number of carbonyl (C=O) groups excluding carboxylic acids is 2. The average Bonchev–Trinajstić information content (AvgIpc) is 2.94. The van der Waals surface area contributed by atoms with E-state index in [0.717, 1.165) is 49.7 Å². The number of benzene rings is 3. The number of fused-ring (bicyclic) bond motifs is 2. The van der Waals surface area contributed by atoms with Crippen LogP contribution >= 0.6 is 11.6 Å². The number of methoxy groups -OCH3 is 1. The third kappa shape index (κ3) is 4.72. The summed E-state index contributed by atoms with van der Waals surface area (Å²) in [5.41, 5.74) is 11.4. The number of ether oxygens (including phenoxy) is 1. The second-order valence-electron chi connectivity index (χ2n) is 9.76. The molecule has 2 aliphatic heterocycles. The van der Waals surface area contributed by atoms with Gasteiger partial charge in [0, 0.05) is 46.0 Å². The highest BCUT2D eigenvalue weighted by atomic mass is 35.5. The Labute approximate surface area is 230 Å². The van der Waals surface area contributed by atoms with Crippen molar-refractivity contribution in [3.63, 3.8) is 0 Å². The van der Waals surface area contributed by atoms with Gasteiger partial charge in [0.15, 0.2) is 0 Å². The van der Waals surface area contributed by atoms with Crippen LogP contribution in [0.25, 0.3) is 11.0 Å². The van der Waals surface area contributed by atoms with Crippen molar-refractivity contribution in [1.29, 1.82) is 0 Å². The third-order valence-corrected chi connectivity index (χ3v) is 7.51. The van der Waals surface area contributed by atoms with Crippen LogP contribution in [0.2, 0.25) is 5.02 Å². The van der Waals surface area contributed by atoms with Crippen LogP contribution < -0.4 is 26.2 Å². The smallest absolute Gasteiger partial charge is 0.261 e. The Kier molecular flexibility index (Phi) is 6.48. The standard InChI is InChI=1S/C30H27ClN4O4/c1-38-25-11-6-18(28(32)36)16-24(25)34-30-23(29(37)33-21-9-7-20(31)8-10-21)15-19-14-17-4-2-12-35-13-3-5-22(26(17)35)27(19)39-30/h6-11,14-16H,2-5,12-13H2,1H3,(H2,32,36)(H,33,37).